The van der Waals surface area contributed by atoms with Crippen molar-refractivity contribution in [3.63, 3.8) is 0 Å². The first-order valence-electron chi connectivity index (χ1n) is 8.30. The summed E-state index contributed by atoms with van der Waals surface area (Å²) in [4.78, 5) is 11.7. The standard InChI is InChI=1S/C18H22N4O/c1-13-14(2)22-11-10-21(12-17(22)19-13)9-5-8-18-20-15-6-3-4-7-16(15)23-18/h3-4,6-7H,5,8-12H2,1-2H3. The van der Waals surface area contributed by atoms with E-state index in [9.17, 15) is 0 Å². The Morgan fingerprint density at radius 1 is 1.13 bits per heavy atom. The van der Waals surface area contributed by atoms with Crippen LogP contribution in [0.1, 0.15) is 29.5 Å². The smallest absolute Gasteiger partial charge is 0.195 e. The van der Waals surface area contributed by atoms with E-state index in [2.05, 4.69) is 33.3 Å². The number of benzene rings is 1. The van der Waals surface area contributed by atoms with Crippen LogP contribution < -0.4 is 0 Å². The summed E-state index contributed by atoms with van der Waals surface area (Å²) in [7, 11) is 0. The highest BCUT2D eigenvalue weighted by atomic mass is 16.3. The lowest BCUT2D eigenvalue weighted by atomic mass is 10.2. The van der Waals surface area contributed by atoms with Crippen LogP contribution >= 0.6 is 0 Å². The van der Waals surface area contributed by atoms with Gasteiger partial charge in [0.1, 0.15) is 11.3 Å². The van der Waals surface area contributed by atoms with Crippen molar-refractivity contribution in [1.82, 2.24) is 19.4 Å². The van der Waals surface area contributed by atoms with Gasteiger partial charge in [0.05, 0.1) is 12.2 Å². The summed E-state index contributed by atoms with van der Waals surface area (Å²) in [6, 6.07) is 7.95. The summed E-state index contributed by atoms with van der Waals surface area (Å²) in [6.45, 7) is 8.40. The van der Waals surface area contributed by atoms with E-state index in [0.717, 1.165) is 61.7 Å². The molecule has 23 heavy (non-hydrogen) atoms. The first-order chi connectivity index (χ1) is 11.2. The Labute approximate surface area is 135 Å². The number of fused-ring (bicyclic) bond motifs is 2. The van der Waals surface area contributed by atoms with Gasteiger partial charge in [0.25, 0.3) is 0 Å². The van der Waals surface area contributed by atoms with Gasteiger partial charge >= 0.3 is 0 Å². The molecule has 0 amide bonds. The van der Waals surface area contributed by atoms with Crippen molar-refractivity contribution in [1.29, 1.82) is 0 Å². The highest BCUT2D eigenvalue weighted by Crippen LogP contribution is 2.18. The van der Waals surface area contributed by atoms with Crippen molar-refractivity contribution in [2.45, 2.75) is 39.8 Å². The van der Waals surface area contributed by atoms with E-state index in [0.29, 0.717) is 0 Å². The molecular formula is C18H22N4O. The zero-order chi connectivity index (χ0) is 15.8. The van der Waals surface area contributed by atoms with Crippen molar-refractivity contribution in [2.24, 2.45) is 0 Å². The SMILES string of the molecule is Cc1nc2n(c1C)CCN(CCCc1nc3ccccc3o1)C2. The lowest BCUT2D eigenvalue weighted by molar-refractivity contribution is 0.212. The fourth-order valence-corrected chi connectivity index (χ4v) is 3.33. The maximum absolute atomic E-state index is 5.79. The van der Waals surface area contributed by atoms with E-state index in [4.69, 9.17) is 4.42 Å². The van der Waals surface area contributed by atoms with Gasteiger partial charge in [-0.3, -0.25) is 4.90 Å². The third-order valence-electron chi connectivity index (χ3n) is 4.74. The van der Waals surface area contributed by atoms with E-state index in [1.807, 2.05) is 24.3 Å². The summed E-state index contributed by atoms with van der Waals surface area (Å²) in [5.41, 5.74) is 4.31. The normalized spacial score (nSPS) is 15.2. The number of hydrogen-bond donors (Lipinski definition) is 0. The minimum atomic E-state index is 0.844. The van der Waals surface area contributed by atoms with Gasteiger partial charge in [-0.15, -0.1) is 0 Å². The number of hydrogen-bond acceptors (Lipinski definition) is 4. The van der Waals surface area contributed by atoms with E-state index in [-0.39, 0.29) is 0 Å². The van der Waals surface area contributed by atoms with Crippen LogP contribution in [-0.2, 0) is 19.5 Å². The molecule has 0 saturated carbocycles. The van der Waals surface area contributed by atoms with E-state index < -0.39 is 0 Å². The third kappa shape index (κ3) is 2.77. The maximum atomic E-state index is 5.79. The van der Waals surface area contributed by atoms with Gasteiger partial charge in [-0.2, -0.15) is 0 Å². The van der Waals surface area contributed by atoms with Crippen LogP contribution in [0.2, 0.25) is 0 Å². The monoisotopic (exact) mass is 310 g/mol. The van der Waals surface area contributed by atoms with Crippen LogP contribution in [0.25, 0.3) is 11.1 Å². The average Bonchev–Trinajstić information content (AvgIpc) is 3.08. The number of nitrogens with zero attached hydrogens (tertiary/aromatic N) is 4. The minimum absolute atomic E-state index is 0.844. The quantitative estimate of drug-likeness (QED) is 0.743. The number of para-hydroxylation sites is 2. The first kappa shape index (κ1) is 14.5. The molecule has 0 N–H and O–H groups in total. The molecule has 1 aliphatic rings. The molecule has 0 bridgehead atoms. The molecule has 0 saturated heterocycles. The maximum Gasteiger partial charge on any atom is 0.195 e. The Morgan fingerprint density at radius 2 is 2.00 bits per heavy atom. The summed E-state index contributed by atoms with van der Waals surface area (Å²) in [6.07, 6.45) is 1.95. The van der Waals surface area contributed by atoms with Crippen LogP contribution in [0.15, 0.2) is 28.7 Å². The van der Waals surface area contributed by atoms with E-state index in [1.54, 1.807) is 0 Å². The van der Waals surface area contributed by atoms with Crippen LogP contribution in [0, 0.1) is 13.8 Å². The van der Waals surface area contributed by atoms with Crippen LogP contribution in [0.4, 0.5) is 0 Å². The second kappa shape index (κ2) is 5.81. The van der Waals surface area contributed by atoms with Gasteiger partial charge in [-0.05, 0) is 38.9 Å². The third-order valence-corrected chi connectivity index (χ3v) is 4.74. The Bertz CT molecular complexity index is 800. The lowest BCUT2D eigenvalue weighted by Crippen LogP contribution is -2.35. The summed E-state index contributed by atoms with van der Waals surface area (Å²) < 4.78 is 8.14. The number of aromatic nitrogens is 3. The zero-order valence-corrected chi connectivity index (χ0v) is 13.7. The molecule has 0 unspecified atom stereocenters. The fourth-order valence-electron chi connectivity index (χ4n) is 3.33. The molecular weight excluding hydrogens is 288 g/mol. The molecule has 120 valence electrons. The highest BCUT2D eigenvalue weighted by molar-refractivity contribution is 5.72. The van der Waals surface area contributed by atoms with Crippen LogP contribution in [-0.4, -0.2) is 32.5 Å². The molecule has 3 heterocycles. The van der Waals surface area contributed by atoms with E-state index in [1.165, 1.54) is 11.5 Å². The molecule has 0 atom stereocenters. The minimum Gasteiger partial charge on any atom is -0.441 e. The molecule has 0 radical (unpaired) electrons. The number of imidazole rings is 1. The van der Waals surface area contributed by atoms with Crippen molar-refractivity contribution in [3.05, 3.63) is 47.4 Å². The van der Waals surface area contributed by atoms with Gasteiger partial charge in [0.15, 0.2) is 11.5 Å². The Hall–Kier alpha value is -2.14. The van der Waals surface area contributed by atoms with Crippen molar-refractivity contribution < 1.29 is 4.42 Å². The van der Waals surface area contributed by atoms with Gasteiger partial charge in [0, 0.05) is 25.2 Å². The second-order valence-corrected chi connectivity index (χ2v) is 6.31. The Kier molecular flexibility index (Phi) is 3.65. The van der Waals surface area contributed by atoms with Gasteiger partial charge in [0.2, 0.25) is 0 Å². The van der Waals surface area contributed by atoms with Gasteiger partial charge < -0.3 is 8.98 Å². The van der Waals surface area contributed by atoms with Gasteiger partial charge in [-0.25, -0.2) is 9.97 Å². The molecule has 0 aliphatic carbocycles. The predicted octanol–water partition coefficient (Wildman–Crippen LogP) is 3.09. The zero-order valence-electron chi connectivity index (χ0n) is 13.7. The number of oxazole rings is 1. The summed E-state index contributed by atoms with van der Waals surface area (Å²) >= 11 is 0. The molecule has 1 aromatic carbocycles. The molecule has 0 spiro atoms. The Morgan fingerprint density at radius 3 is 2.87 bits per heavy atom. The molecule has 5 nitrogen and oxygen atoms in total. The van der Waals surface area contributed by atoms with Crippen molar-refractivity contribution in [3.8, 4) is 0 Å². The van der Waals surface area contributed by atoms with Crippen LogP contribution in [0.3, 0.4) is 0 Å². The number of rotatable bonds is 4. The lowest BCUT2D eigenvalue weighted by Gasteiger charge is -2.27. The molecule has 1 aliphatic heterocycles. The number of aryl methyl sites for hydroxylation is 2. The first-order valence-corrected chi connectivity index (χ1v) is 8.30. The largest absolute Gasteiger partial charge is 0.441 e. The predicted molar refractivity (Wildman–Crippen MR) is 89.3 cm³/mol. The topological polar surface area (TPSA) is 47.1 Å². The molecule has 2 aromatic heterocycles. The van der Waals surface area contributed by atoms with Crippen molar-refractivity contribution >= 4 is 11.1 Å². The highest BCUT2D eigenvalue weighted by Gasteiger charge is 2.20. The van der Waals surface area contributed by atoms with Crippen LogP contribution in [0.5, 0.6) is 0 Å². The Balaban J connectivity index is 1.35. The van der Waals surface area contributed by atoms with Gasteiger partial charge in [-0.1, -0.05) is 12.1 Å². The van der Waals surface area contributed by atoms with E-state index >= 15 is 0 Å². The van der Waals surface area contributed by atoms with Crippen molar-refractivity contribution in [2.75, 3.05) is 13.1 Å². The molecule has 0 fully saturated rings. The molecule has 4 rings (SSSR count). The molecule has 5 heteroatoms. The molecule has 3 aromatic rings. The average molecular weight is 310 g/mol. The summed E-state index contributed by atoms with van der Waals surface area (Å²) in [5, 5.41) is 0. The summed E-state index contributed by atoms with van der Waals surface area (Å²) in [5.74, 6) is 2.05. The fraction of sp³-hybridized carbons (Fsp3) is 0.444. The second-order valence-electron chi connectivity index (χ2n) is 6.31.